The van der Waals surface area contributed by atoms with Gasteiger partial charge in [0.05, 0.1) is 17.4 Å². The van der Waals surface area contributed by atoms with Crippen molar-refractivity contribution < 1.29 is 17.9 Å². The Bertz CT molecular complexity index is 763. The Hall–Kier alpha value is -1.15. The summed E-state index contributed by atoms with van der Waals surface area (Å²) >= 11 is 0. The maximum absolute atomic E-state index is 13.2. The van der Waals surface area contributed by atoms with E-state index in [0.29, 0.717) is 4.90 Å². The minimum atomic E-state index is -3.51. The van der Waals surface area contributed by atoms with E-state index in [1.54, 1.807) is 28.6 Å². The average molecular weight is 401 g/mol. The minimum Gasteiger partial charge on any atom is -0.468 e. The lowest BCUT2D eigenvalue weighted by Crippen LogP contribution is -2.42. The van der Waals surface area contributed by atoms with Crippen LogP contribution in [0.25, 0.3) is 0 Å². The van der Waals surface area contributed by atoms with Crippen LogP contribution in [-0.2, 0) is 25.0 Å². The van der Waals surface area contributed by atoms with E-state index in [2.05, 4.69) is 5.32 Å². The summed E-state index contributed by atoms with van der Waals surface area (Å²) in [5.41, 5.74) is 0.279. The number of benzene rings is 1. The van der Waals surface area contributed by atoms with Gasteiger partial charge in [0.2, 0.25) is 10.0 Å². The Morgan fingerprint density at radius 2 is 1.81 bits per heavy atom. The van der Waals surface area contributed by atoms with Crippen LogP contribution < -0.4 is 5.32 Å². The molecule has 2 heterocycles. The van der Waals surface area contributed by atoms with E-state index >= 15 is 0 Å². The van der Waals surface area contributed by atoms with Crippen molar-refractivity contribution >= 4 is 28.4 Å². The second-order valence-electron chi connectivity index (χ2n) is 7.31. The Balaban J connectivity index is 0.00000196. The van der Waals surface area contributed by atoms with E-state index in [0.717, 1.165) is 50.8 Å². The highest BCUT2D eigenvalue weighted by molar-refractivity contribution is 7.89. The maximum atomic E-state index is 13.2. The molecule has 1 saturated carbocycles. The van der Waals surface area contributed by atoms with Gasteiger partial charge in [0.1, 0.15) is 0 Å². The smallest absolute Gasteiger partial charge is 0.316 e. The molecule has 6 nitrogen and oxygen atoms in total. The monoisotopic (exact) mass is 400 g/mol. The highest BCUT2D eigenvalue weighted by Gasteiger charge is 2.52. The van der Waals surface area contributed by atoms with E-state index in [4.69, 9.17) is 4.74 Å². The van der Waals surface area contributed by atoms with Crippen molar-refractivity contribution in [3.8, 4) is 0 Å². The number of nitrogens with zero attached hydrogens (tertiary/aromatic N) is 1. The molecule has 1 N–H and O–H groups in total. The molecule has 144 valence electrons. The molecule has 2 unspecified atom stereocenters. The lowest BCUT2D eigenvalue weighted by molar-refractivity contribution is -0.143. The van der Waals surface area contributed by atoms with Gasteiger partial charge in [0.25, 0.3) is 0 Å². The van der Waals surface area contributed by atoms with Crippen LogP contribution in [0.2, 0.25) is 0 Å². The first-order chi connectivity index (χ1) is 12.0. The molecule has 2 aliphatic heterocycles. The van der Waals surface area contributed by atoms with Gasteiger partial charge < -0.3 is 10.1 Å². The largest absolute Gasteiger partial charge is 0.468 e. The predicted octanol–water partition coefficient (Wildman–Crippen LogP) is 1.83. The molecular weight excluding hydrogens is 376 g/mol. The highest BCUT2D eigenvalue weighted by Crippen LogP contribution is 2.49. The molecular formula is C18H25ClN2O4S. The molecule has 2 bridgehead atoms. The van der Waals surface area contributed by atoms with Crippen molar-refractivity contribution in [3.63, 3.8) is 0 Å². The van der Waals surface area contributed by atoms with Crippen LogP contribution in [0.3, 0.4) is 0 Å². The molecule has 0 radical (unpaired) electrons. The van der Waals surface area contributed by atoms with Gasteiger partial charge in [-0.2, -0.15) is 4.31 Å². The van der Waals surface area contributed by atoms with Crippen LogP contribution in [0.1, 0.15) is 37.7 Å². The summed E-state index contributed by atoms with van der Waals surface area (Å²) in [7, 11) is -2.12. The number of rotatable bonds is 4. The topological polar surface area (TPSA) is 75.7 Å². The number of ether oxygens (including phenoxy) is 1. The number of esters is 1. The number of methoxy groups -OCH3 is 1. The third kappa shape index (κ3) is 3.05. The van der Waals surface area contributed by atoms with Gasteiger partial charge in [0, 0.05) is 18.6 Å². The van der Waals surface area contributed by atoms with E-state index in [1.807, 2.05) is 0 Å². The van der Waals surface area contributed by atoms with Crippen LogP contribution in [-0.4, -0.2) is 51.0 Å². The van der Waals surface area contributed by atoms with Crippen molar-refractivity contribution in [2.45, 2.75) is 54.5 Å². The van der Waals surface area contributed by atoms with E-state index < -0.39 is 15.4 Å². The third-order valence-corrected chi connectivity index (χ3v) is 7.91. The van der Waals surface area contributed by atoms with Gasteiger partial charge in [-0.05, 0) is 56.3 Å². The summed E-state index contributed by atoms with van der Waals surface area (Å²) < 4.78 is 33.0. The Morgan fingerprint density at radius 3 is 2.42 bits per heavy atom. The quantitative estimate of drug-likeness (QED) is 0.780. The molecule has 2 saturated heterocycles. The second-order valence-corrected chi connectivity index (χ2v) is 9.15. The minimum absolute atomic E-state index is 0. The summed E-state index contributed by atoms with van der Waals surface area (Å²) in [6.45, 7) is 1.59. The summed E-state index contributed by atoms with van der Waals surface area (Å²) in [4.78, 5) is 12.3. The van der Waals surface area contributed by atoms with Crippen LogP contribution in [0.4, 0.5) is 0 Å². The molecule has 3 fully saturated rings. The third-order valence-electron chi connectivity index (χ3n) is 5.90. The Kier molecular flexibility index (Phi) is 5.36. The SMILES string of the molecule is COC(=O)C1(c2ccc(S(=O)(=O)N3C4CCNCC3CC4)cc2)CC1.Cl. The highest BCUT2D eigenvalue weighted by atomic mass is 35.5. The van der Waals surface area contributed by atoms with Gasteiger partial charge >= 0.3 is 5.97 Å². The number of sulfonamides is 1. The maximum Gasteiger partial charge on any atom is 0.316 e. The zero-order chi connectivity index (χ0) is 17.7. The molecule has 0 spiro atoms. The summed E-state index contributed by atoms with van der Waals surface area (Å²) in [5.74, 6) is -0.236. The van der Waals surface area contributed by atoms with Crippen molar-refractivity contribution in [3.05, 3.63) is 29.8 Å². The summed E-state index contributed by atoms with van der Waals surface area (Å²) in [6, 6.07) is 6.97. The lowest BCUT2D eigenvalue weighted by Gasteiger charge is -2.27. The molecule has 1 aromatic carbocycles. The Morgan fingerprint density at radius 1 is 1.15 bits per heavy atom. The van der Waals surface area contributed by atoms with Crippen LogP contribution in [0.5, 0.6) is 0 Å². The van der Waals surface area contributed by atoms with E-state index in [1.165, 1.54) is 7.11 Å². The fraction of sp³-hybridized carbons (Fsp3) is 0.611. The van der Waals surface area contributed by atoms with Crippen molar-refractivity contribution in [2.24, 2.45) is 0 Å². The van der Waals surface area contributed by atoms with Crippen molar-refractivity contribution in [2.75, 3.05) is 20.2 Å². The number of nitrogens with one attached hydrogen (secondary N) is 1. The number of hydrogen-bond acceptors (Lipinski definition) is 5. The van der Waals surface area contributed by atoms with Gasteiger partial charge in [0.15, 0.2) is 0 Å². The number of fused-ring (bicyclic) bond motifs is 2. The summed E-state index contributed by atoms with van der Waals surface area (Å²) in [6.07, 6.45) is 4.23. The molecule has 8 heteroatoms. The average Bonchev–Trinajstić information content (AvgIpc) is 3.34. The van der Waals surface area contributed by atoms with Gasteiger partial charge in [-0.15, -0.1) is 12.4 Å². The van der Waals surface area contributed by atoms with Crippen molar-refractivity contribution in [1.82, 2.24) is 9.62 Å². The van der Waals surface area contributed by atoms with Crippen LogP contribution in [0, 0.1) is 0 Å². The molecule has 26 heavy (non-hydrogen) atoms. The lowest BCUT2D eigenvalue weighted by atomic mass is 9.96. The molecule has 4 rings (SSSR count). The molecule has 1 aliphatic carbocycles. The normalized spacial score (nSPS) is 27.3. The number of carbonyl (C=O) groups is 1. The first-order valence-electron chi connectivity index (χ1n) is 8.92. The molecule has 0 amide bonds. The Labute approximate surface area is 160 Å². The van der Waals surface area contributed by atoms with Crippen LogP contribution >= 0.6 is 12.4 Å². The van der Waals surface area contributed by atoms with Gasteiger partial charge in [-0.3, -0.25) is 4.79 Å². The standard InChI is InChI=1S/C18H24N2O4S.ClH/c1-24-17(21)18(9-10-18)13-2-6-16(7-3-13)25(22,23)20-14-4-5-15(20)12-19-11-8-14;/h2-3,6-7,14-15,19H,4-5,8-12H2,1H3;1H. The second kappa shape index (κ2) is 7.11. The number of carbonyl (C=O) groups excluding carboxylic acids is 1. The first kappa shape index (κ1) is 19.6. The first-order valence-corrected chi connectivity index (χ1v) is 10.4. The summed E-state index contributed by atoms with van der Waals surface area (Å²) in [5, 5.41) is 3.33. The molecule has 0 aromatic heterocycles. The fourth-order valence-electron chi connectivity index (χ4n) is 4.33. The van der Waals surface area contributed by atoms with Gasteiger partial charge in [-0.1, -0.05) is 12.1 Å². The van der Waals surface area contributed by atoms with E-state index in [9.17, 15) is 13.2 Å². The van der Waals surface area contributed by atoms with E-state index in [-0.39, 0.29) is 30.5 Å². The molecule has 3 aliphatic rings. The van der Waals surface area contributed by atoms with Gasteiger partial charge in [-0.25, -0.2) is 8.42 Å². The fourth-order valence-corrected chi connectivity index (χ4v) is 6.23. The molecule has 1 aromatic rings. The zero-order valence-corrected chi connectivity index (χ0v) is 16.4. The molecule has 2 atom stereocenters. The number of hydrogen-bond donors (Lipinski definition) is 1. The zero-order valence-electron chi connectivity index (χ0n) is 14.8. The van der Waals surface area contributed by atoms with Crippen molar-refractivity contribution in [1.29, 1.82) is 0 Å². The number of halogens is 1. The van der Waals surface area contributed by atoms with Crippen LogP contribution in [0.15, 0.2) is 29.2 Å². The predicted molar refractivity (Wildman–Crippen MR) is 99.9 cm³/mol.